The molecule has 0 spiro atoms. The molecule has 3 saturated carbocycles. The van der Waals surface area contributed by atoms with Gasteiger partial charge in [0.2, 0.25) is 0 Å². The van der Waals surface area contributed by atoms with Gasteiger partial charge < -0.3 is 0 Å². The molecule has 3 fully saturated rings. The molecule has 0 aromatic heterocycles. The Kier molecular flexibility index (Phi) is 4.60. The molecule has 29 heavy (non-hydrogen) atoms. The summed E-state index contributed by atoms with van der Waals surface area (Å²) in [4.78, 5) is 25.1. The zero-order valence-corrected chi connectivity index (χ0v) is 18.0. The number of rotatable bonds is 3. The first-order valence-electron chi connectivity index (χ1n) is 11.7. The minimum Gasteiger partial charge on any atom is -0.299 e. The van der Waals surface area contributed by atoms with Crippen LogP contribution in [0.5, 0.6) is 0 Å². The summed E-state index contributed by atoms with van der Waals surface area (Å²) in [6.45, 7) is 4.71. The molecule has 154 valence electrons. The van der Waals surface area contributed by atoms with Crippen LogP contribution in [0.3, 0.4) is 0 Å². The van der Waals surface area contributed by atoms with Gasteiger partial charge in [-0.05, 0) is 85.7 Å². The average Bonchev–Trinajstić information content (AvgIpc) is 3.02. The zero-order valence-electron chi connectivity index (χ0n) is 18.0. The van der Waals surface area contributed by atoms with Gasteiger partial charge in [-0.2, -0.15) is 0 Å². The molecule has 0 radical (unpaired) electrons. The Morgan fingerprint density at radius 3 is 2.48 bits per heavy atom. The Morgan fingerprint density at radius 2 is 1.69 bits per heavy atom. The first-order chi connectivity index (χ1) is 13.9. The van der Waals surface area contributed by atoms with Crippen molar-refractivity contribution in [2.24, 2.45) is 34.5 Å². The van der Waals surface area contributed by atoms with Gasteiger partial charge in [0.25, 0.3) is 0 Å². The Hall–Kier alpha value is -1.70. The fraction of sp³-hybridized carbons (Fsp3) is 0.630. The lowest BCUT2D eigenvalue weighted by atomic mass is 9.44. The molecule has 0 N–H and O–H groups in total. The number of aryl methyl sites for hydroxylation is 1. The predicted octanol–water partition coefficient (Wildman–Crippen LogP) is 5.95. The maximum absolute atomic E-state index is 12.8. The van der Waals surface area contributed by atoms with Crippen LogP contribution >= 0.6 is 0 Å². The van der Waals surface area contributed by atoms with Crippen molar-refractivity contribution in [2.45, 2.75) is 71.6 Å². The minimum absolute atomic E-state index is 0.0891. The summed E-state index contributed by atoms with van der Waals surface area (Å²) in [6.07, 6.45) is 11.2. The summed E-state index contributed by atoms with van der Waals surface area (Å²) in [5.41, 5.74) is 2.93. The summed E-state index contributed by atoms with van der Waals surface area (Å²) < 4.78 is 0. The Balaban J connectivity index is 1.50. The molecule has 5 rings (SSSR count). The van der Waals surface area contributed by atoms with E-state index >= 15 is 0 Å². The number of ketones is 2. The van der Waals surface area contributed by atoms with Gasteiger partial charge in [0.15, 0.2) is 5.78 Å². The van der Waals surface area contributed by atoms with Crippen molar-refractivity contribution in [3.8, 4) is 0 Å². The van der Waals surface area contributed by atoms with Crippen molar-refractivity contribution in [1.82, 2.24) is 0 Å². The van der Waals surface area contributed by atoms with Gasteiger partial charge in [-0.1, -0.05) is 49.8 Å². The summed E-state index contributed by atoms with van der Waals surface area (Å²) >= 11 is 0. The van der Waals surface area contributed by atoms with Gasteiger partial charge in [0, 0.05) is 18.3 Å². The molecule has 1 aromatic rings. The van der Waals surface area contributed by atoms with Crippen molar-refractivity contribution >= 4 is 11.6 Å². The van der Waals surface area contributed by atoms with E-state index in [1.165, 1.54) is 17.6 Å². The van der Waals surface area contributed by atoms with Crippen molar-refractivity contribution in [1.29, 1.82) is 0 Å². The van der Waals surface area contributed by atoms with Gasteiger partial charge in [-0.3, -0.25) is 9.59 Å². The highest BCUT2D eigenvalue weighted by molar-refractivity contribution is 5.91. The van der Waals surface area contributed by atoms with E-state index < -0.39 is 0 Å². The van der Waals surface area contributed by atoms with E-state index in [1.54, 1.807) is 0 Å². The van der Waals surface area contributed by atoms with Crippen LogP contribution in [0.1, 0.15) is 70.8 Å². The fourth-order valence-corrected chi connectivity index (χ4v) is 7.77. The maximum atomic E-state index is 12.8. The molecule has 0 amide bonds. The lowest BCUT2D eigenvalue weighted by Crippen LogP contribution is -2.53. The number of carbonyl (C=O) groups is 2. The van der Waals surface area contributed by atoms with Gasteiger partial charge in [-0.25, -0.2) is 0 Å². The van der Waals surface area contributed by atoms with Gasteiger partial charge in [0.05, 0.1) is 0 Å². The second-order valence-corrected chi connectivity index (χ2v) is 10.8. The monoisotopic (exact) mass is 390 g/mol. The van der Waals surface area contributed by atoms with Crippen LogP contribution in [0.4, 0.5) is 0 Å². The molecule has 0 unspecified atom stereocenters. The highest BCUT2D eigenvalue weighted by Gasteiger charge is 2.61. The first-order valence-corrected chi connectivity index (χ1v) is 11.7. The number of benzene rings is 1. The van der Waals surface area contributed by atoms with Crippen LogP contribution in [-0.2, 0) is 16.0 Å². The number of fused-ring (bicyclic) bond motifs is 5. The van der Waals surface area contributed by atoms with Crippen LogP contribution in [0.2, 0.25) is 0 Å². The second-order valence-electron chi connectivity index (χ2n) is 10.8. The molecule has 0 saturated heterocycles. The van der Waals surface area contributed by atoms with Crippen LogP contribution in [0.25, 0.3) is 0 Å². The van der Waals surface area contributed by atoms with Crippen molar-refractivity contribution < 1.29 is 9.59 Å². The van der Waals surface area contributed by atoms with Crippen LogP contribution < -0.4 is 0 Å². The average molecular weight is 391 g/mol. The first kappa shape index (κ1) is 19.3. The number of Topliss-reactive ketones (excluding diaryl/α,β-unsaturated/α-hetero) is 1. The molecule has 0 heterocycles. The van der Waals surface area contributed by atoms with Crippen molar-refractivity contribution in [2.75, 3.05) is 0 Å². The van der Waals surface area contributed by atoms with Crippen LogP contribution in [-0.4, -0.2) is 11.6 Å². The largest absolute Gasteiger partial charge is 0.299 e. The normalized spacial score (nSPS) is 41.4. The number of hydrogen-bond acceptors (Lipinski definition) is 2. The predicted molar refractivity (Wildman–Crippen MR) is 115 cm³/mol. The van der Waals surface area contributed by atoms with Gasteiger partial charge in [0.1, 0.15) is 5.78 Å². The highest BCUT2D eigenvalue weighted by Crippen LogP contribution is 2.66. The smallest absolute Gasteiger partial charge is 0.155 e. The molecule has 4 aliphatic carbocycles. The maximum Gasteiger partial charge on any atom is 0.155 e. The number of allylic oxidation sites excluding steroid dienone is 1. The summed E-state index contributed by atoms with van der Waals surface area (Å²) in [5.74, 6) is 3.27. The van der Waals surface area contributed by atoms with E-state index in [2.05, 4.69) is 44.2 Å². The van der Waals surface area contributed by atoms with E-state index in [4.69, 9.17) is 0 Å². The molecule has 2 nitrogen and oxygen atoms in total. The van der Waals surface area contributed by atoms with E-state index in [-0.39, 0.29) is 10.8 Å². The molecule has 2 heteroatoms. The quantitative estimate of drug-likeness (QED) is 0.639. The van der Waals surface area contributed by atoms with Crippen molar-refractivity contribution in [3.63, 3.8) is 0 Å². The lowest BCUT2D eigenvalue weighted by molar-refractivity contribution is -0.135. The molecule has 1 aromatic carbocycles. The third kappa shape index (κ3) is 2.97. The van der Waals surface area contributed by atoms with Crippen molar-refractivity contribution in [3.05, 3.63) is 47.5 Å². The number of carbonyl (C=O) groups excluding carboxylic acids is 2. The Bertz CT molecular complexity index is 853. The summed E-state index contributed by atoms with van der Waals surface area (Å²) in [5, 5.41) is 0. The lowest BCUT2D eigenvalue weighted by Gasteiger charge is -2.59. The third-order valence-corrected chi connectivity index (χ3v) is 9.49. The fourth-order valence-electron chi connectivity index (χ4n) is 7.77. The molecule has 0 bridgehead atoms. The van der Waals surface area contributed by atoms with E-state index in [0.717, 1.165) is 44.9 Å². The SMILES string of the molecule is C[C@]12CCC(=O)C=C1C[C@@H](CCc1ccccc1)[C@@H]1[C@@H]2CC[C@]2(C)C(=O)CC[C@@H]12. The van der Waals surface area contributed by atoms with Gasteiger partial charge >= 0.3 is 0 Å². The molecule has 0 aliphatic heterocycles. The Labute approximate surface area is 175 Å². The minimum atomic E-state index is -0.0891. The zero-order chi connectivity index (χ0) is 20.2. The van der Waals surface area contributed by atoms with E-state index in [1.807, 2.05) is 6.08 Å². The summed E-state index contributed by atoms with van der Waals surface area (Å²) in [7, 11) is 0. The van der Waals surface area contributed by atoms with Crippen LogP contribution in [0, 0.1) is 34.5 Å². The topological polar surface area (TPSA) is 34.1 Å². The van der Waals surface area contributed by atoms with Gasteiger partial charge in [-0.15, -0.1) is 0 Å². The molecular weight excluding hydrogens is 356 g/mol. The number of hydrogen-bond donors (Lipinski definition) is 0. The standard InChI is InChI=1S/C27H34O2/c1-26-14-12-21(28)17-20(26)16-19(9-8-18-6-4-3-5-7-18)25-22-10-11-24(29)27(22,2)15-13-23(25)26/h3-7,17,19,22-23,25H,8-16H2,1-2H3/t19-,22+,23+,25+,26+,27+/m1/s1. The third-order valence-electron chi connectivity index (χ3n) is 9.49. The van der Waals surface area contributed by atoms with Crippen LogP contribution in [0.15, 0.2) is 42.0 Å². The Morgan fingerprint density at radius 1 is 0.931 bits per heavy atom. The molecular formula is C27H34O2. The molecule has 6 atom stereocenters. The molecule has 4 aliphatic rings. The van der Waals surface area contributed by atoms with E-state index in [0.29, 0.717) is 41.7 Å². The highest BCUT2D eigenvalue weighted by atomic mass is 16.1. The summed E-state index contributed by atoms with van der Waals surface area (Å²) in [6, 6.07) is 10.8. The second kappa shape index (κ2) is 6.93. The van der Waals surface area contributed by atoms with E-state index in [9.17, 15) is 9.59 Å².